The molecule has 0 radical (unpaired) electrons. The van der Waals surface area contributed by atoms with Crippen LogP contribution in [0.1, 0.15) is 15.9 Å². The van der Waals surface area contributed by atoms with E-state index in [9.17, 15) is 26.4 Å². The Morgan fingerprint density at radius 1 is 1.00 bits per heavy atom. The van der Waals surface area contributed by atoms with Gasteiger partial charge in [-0.25, -0.2) is 8.42 Å². The Bertz CT molecular complexity index is 891. The highest BCUT2D eigenvalue weighted by Crippen LogP contribution is 2.30. The van der Waals surface area contributed by atoms with Gasteiger partial charge < -0.3 is 10.2 Å². The molecule has 0 atom stereocenters. The van der Waals surface area contributed by atoms with Crippen molar-refractivity contribution < 1.29 is 26.4 Å². The zero-order chi connectivity index (χ0) is 20.2. The van der Waals surface area contributed by atoms with Crippen molar-refractivity contribution in [3.05, 3.63) is 59.7 Å². The average molecular weight is 400 g/mol. The van der Waals surface area contributed by atoms with Crippen molar-refractivity contribution in [2.45, 2.75) is 16.8 Å². The van der Waals surface area contributed by atoms with Crippen LogP contribution in [0.15, 0.2) is 53.4 Å². The van der Waals surface area contributed by atoms with E-state index in [2.05, 4.69) is 10.2 Å². The van der Waals surface area contributed by atoms with Crippen LogP contribution < -0.4 is 5.32 Å². The van der Waals surface area contributed by atoms with Crippen LogP contribution in [0.3, 0.4) is 0 Å². The van der Waals surface area contributed by atoms with E-state index in [1.165, 1.54) is 0 Å². The molecule has 5 nitrogen and oxygen atoms in total. The third-order valence-electron chi connectivity index (χ3n) is 3.79. The van der Waals surface area contributed by atoms with E-state index < -0.39 is 26.1 Å². The Balaban J connectivity index is 2.06. The molecule has 0 aliphatic heterocycles. The fourth-order valence-electron chi connectivity index (χ4n) is 2.23. The summed E-state index contributed by atoms with van der Waals surface area (Å²) >= 11 is 0. The Hall–Kier alpha value is -2.39. The van der Waals surface area contributed by atoms with Crippen molar-refractivity contribution >= 4 is 21.4 Å². The number of nitrogens with zero attached hydrogens (tertiary/aromatic N) is 1. The fourth-order valence-corrected chi connectivity index (χ4v) is 2.99. The SMILES string of the molecule is CN(C)CCc1ccc(NC(=O)c2ccc(S(=O)(=O)C(F)(F)F)cc2)cc1. The first-order chi connectivity index (χ1) is 12.5. The molecular formula is C18H19F3N2O3S. The first-order valence-electron chi connectivity index (χ1n) is 7.97. The number of sulfone groups is 1. The molecule has 0 aliphatic rings. The summed E-state index contributed by atoms with van der Waals surface area (Å²) in [6, 6.07) is 10.8. The Morgan fingerprint density at radius 3 is 2.04 bits per heavy atom. The molecule has 27 heavy (non-hydrogen) atoms. The molecule has 0 heterocycles. The van der Waals surface area contributed by atoms with Gasteiger partial charge in [-0.15, -0.1) is 0 Å². The number of nitrogens with one attached hydrogen (secondary N) is 1. The fraction of sp³-hybridized carbons (Fsp3) is 0.278. The summed E-state index contributed by atoms with van der Waals surface area (Å²) in [5, 5.41) is 2.62. The van der Waals surface area contributed by atoms with Gasteiger partial charge in [0.1, 0.15) is 0 Å². The summed E-state index contributed by atoms with van der Waals surface area (Å²) in [5.74, 6) is -0.549. The van der Waals surface area contributed by atoms with Gasteiger partial charge in [-0.1, -0.05) is 12.1 Å². The molecule has 2 rings (SSSR count). The monoisotopic (exact) mass is 400 g/mol. The first kappa shape index (κ1) is 20.9. The molecule has 0 aromatic heterocycles. The number of benzene rings is 2. The average Bonchev–Trinajstić information content (AvgIpc) is 2.60. The summed E-state index contributed by atoms with van der Waals surface area (Å²) in [6.07, 6.45) is 0.858. The zero-order valence-corrected chi connectivity index (χ0v) is 15.6. The number of hydrogen-bond donors (Lipinski definition) is 1. The van der Waals surface area contributed by atoms with Crippen LogP contribution in [-0.4, -0.2) is 45.4 Å². The number of carbonyl (C=O) groups is 1. The van der Waals surface area contributed by atoms with E-state index in [4.69, 9.17) is 0 Å². The third kappa shape index (κ3) is 5.30. The minimum Gasteiger partial charge on any atom is -0.322 e. The Morgan fingerprint density at radius 2 is 1.56 bits per heavy atom. The van der Waals surface area contributed by atoms with E-state index in [0.717, 1.165) is 42.8 Å². The van der Waals surface area contributed by atoms with Crippen molar-refractivity contribution in [2.75, 3.05) is 26.0 Å². The van der Waals surface area contributed by atoms with E-state index in [-0.39, 0.29) is 5.56 Å². The maximum Gasteiger partial charge on any atom is 0.501 e. The summed E-state index contributed by atoms with van der Waals surface area (Å²) in [4.78, 5) is 13.3. The molecule has 0 fully saturated rings. The zero-order valence-electron chi connectivity index (χ0n) is 14.7. The number of hydrogen-bond acceptors (Lipinski definition) is 4. The van der Waals surface area contributed by atoms with Gasteiger partial charge in [-0.3, -0.25) is 4.79 Å². The van der Waals surface area contributed by atoms with Crippen molar-refractivity contribution in [1.29, 1.82) is 0 Å². The number of alkyl halides is 3. The van der Waals surface area contributed by atoms with Gasteiger partial charge in [0.2, 0.25) is 0 Å². The molecular weight excluding hydrogens is 381 g/mol. The Labute approximate surface area is 155 Å². The van der Waals surface area contributed by atoms with Gasteiger partial charge in [-0.2, -0.15) is 13.2 Å². The lowest BCUT2D eigenvalue weighted by Crippen LogP contribution is -2.23. The van der Waals surface area contributed by atoms with Crippen LogP contribution in [0.5, 0.6) is 0 Å². The quantitative estimate of drug-likeness (QED) is 0.808. The minimum atomic E-state index is -5.43. The molecule has 1 N–H and O–H groups in total. The van der Waals surface area contributed by atoms with Crippen LogP contribution in [0.2, 0.25) is 0 Å². The summed E-state index contributed by atoms with van der Waals surface area (Å²) in [6.45, 7) is 0.888. The van der Waals surface area contributed by atoms with Crippen LogP contribution >= 0.6 is 0 Å². The number of carbonyl (C=O) groups excluding carboxylic acids is 1. The van der Waals surface area contributed by atoms with E-state index in [0.29, 0.717) is 5.69 Å². The second-order valence-electron chi connectivity index (χ2n) is 6.18. The number of rotatable bonds is 6. The topological polar surface area (TPSA) is 66.5 Å². The Kier molecular flexibility index (Phi) is 6.27. The van der Waals surface area contributed by atoms with Crippen molar-refractivity contribution in [3.63, 3.8) is 0 Å². The molecule has 0 bridgehead atoms. The summed E-state index contributed by atoms with van der Waals surface area (Å²) < 4.78 is 60.2. The normalized spacial score (nSPS) is 12.2. The number of anilines is 1. The van der Waals surface area contributed by atoms with Crippen LogP contribution in [0.25, 0.3) is 0 Å². The highest BCUT2D eigenvalue weighted by Gasteiger charge is 2.46. The third-order valence-corrected chi connectivity index (χ3v) is 5.29. The molecule has 1 amide bonds. The minimum absolute atomic E-state index is 0.0489. The smallest absolute Gasteiger partial charge is 0.322 e. The molecule has 0 saturated carbocycles. The molecule has 146 valence electrons. The van der Waals surface area contributed by atoms with Gasteiger partial charge in [0.15, 0.2) is 0 Å². The lowest BCUT2D eigenvalue weighted by atomic mass is 10.1. The van der Waals surface area contributed by atoms with Crippen molar-refractivity contribution in [2.24, 2.45) is 0 Å². The number of likely N-dealkylation sites (N-methyl/N-ethyl adjacent to an activating group) is 1. The number of amides is 1. The molecule has 0 aliphatic carbocycles. The standard InChI is InChI=1S/C18H19F3N2O3S/c1-23(2)12-11-13-3-7-15(8-4-13)22-17(24)14-5-9-16(10-6-14)27(25,26)18(19,20)21/h3-10H,11-12H2,1-2H3,(H,22,24). The molecule has 2 aromatic carbocycles. The van der Waals surface area contributed by atoms with Gasteiger partial charge in [0, 0.05) is 17.8 Å². The summed E-state index contributed by atoms with van der Waals surface area (Å²) in [5.41, 5.74) is -3.71. The lowest BCUT2D eigenvalue weighted by molar-refractivity contribution is -0.0436. The highest BCUT2D eigenvalue weighted by atomic mass is 32.2. The molecule has 2 aromatic rings. The predicted octanol–water partition coefficient (Wildman–Crippen LogP) is 3.34. The molecule has 0 unspecified atom stereocenters. The van der Waals surface area contributed by atoms with Gasteiger partial charge in [0.05, 0.1) is 4.90 Å². The van der Waals surface area contributed by atoms with E-state index in [1.807, 2.05) is 26.2 Å². The number of halogens is 3. The molecule has 9 heteroatoms. The summed E-state index contributed by atoms with van der Waals surface area (Å²) in [7, 11) is -1.49. The van der Waals surface area contributed by atoms with E-state index in [1.54, 1.807) is 12.1 Å². The molecule has 0 spiro atoms. The van der Waals surface area contributed by atoms with Crippen LogP contribution in [0.4, 0.5) is 18.9 Å². The maximum absolute atomic E-state index is 12.5. The largest absolute Gasteiger partial charge is 0.501 e. The second-order valence-corrected chi connectivity index (χ2v) is 8.12. The van der Waals surface area contributed by atoms with Gasteiger partial charge in [0.25, 0.3) is 15.7 Å². The van der Waals surface area contributed by atoms with Gasteiger partial charge in [-0.05, 0) is 62.5 Å². The highest BCUT2D eigenvalue weighted by molar-refractivity contribution is 7.92. The lowest BCUT2D eigenvalue weighted by Gasteiger charge is -2.11. The van der Waals surface area contributed by atoms with Crippen molar-refractivity contribution in [3.8, 4) is 0 Å². The van der Waals surface area contributed by atoms with Crippen LogP contribution in [0, 0.1) is 0 Å². The van der Waals surface area contributed by atoms with Crippen LogP contribution in [-0.2, 0) is 16.3 Å². The van der Waals surface area contributed by atoms with Gasteiger partial charge >= 0.3 is 5.51 Å². The van der Waals surface area contributed by atoms with Crippen molar-refractivity contribution in [1.82, 2.24) is 4.90 Å². The molecule has 0 saturated heterocycles. The van der Waals surface area contributed by atoms with E-state index >= 15 is 0 Å². The second kappa shape index (κ2) is 8.10. The maximum atomic E-state index is 12.5. The predicted molar refractivity (Wildman–Crippen MR) is 96.3 cm³/mol. The first-order valence-corrected chi connectivity index (χ1v) is 9.45.